The average molecular weight is 615 g/mol. The van der Waals surface area contributed by atoms with Crippen LogP contribution in [0, 0.1) is 16.7 Å². The maximum Gasteiger partial charge on any atom is 0.264 e. The number of hydrogen-bond donors (Lipinski definition) is 2. The third-order valence-corrected chi connectivity index (χ3v) is 7.51. The van der Waals surface area contributed by atoms with E-state index in [2.05, 4.69) is 20.6 Å². The number of hydrogen-bond acceptors (Lipinski definition) is 9. The van der Waals surface area contributed by atoms with Crippen LogP contribution in [0.5, 0.6) is 11.5 Å². The first-order valence-electron chi connectivity index (χ1n) is 13.3. The number of anilines is 1. The Bertz CT molecular complexity index is 1620. The normalized spacial score (nSPS) is 14.0. The Morgan fingerprint density at radius 3 is 2.38 bits per heavy atom. The predicted molar refractivity (Wildman–Crippen MR) is 163 cm³/mol. The highest BCUT2D eigenvalue weighted by Gasteiger charge is 2.32. The van der Waals surface area contributed by atoms with Crippen molar-refractivity contribution in [3.05, 3.63) is 50.4 Å². The van der Waals surface area contributed by atoms with Gasteiger partial charge in [-0.25, -0.2) is 4.98 Å². The van der Waals surface area contributed by atoms with Gasteiger partial charge in [0.1, 0.15) is 28.8 Å². The lowest BCUT2D eigenvalue weighted by Crippen LogP contribution is -2.60. The number of nitriles is 1. The van der Waals surface area contributed by atoms with Crippen LogP contribution in [0.4, 0.5) is 5.95 Å². The van der Waals surface area contributed by atoms with Gasteiger partial charge in [0.25, 0.3) is 11.5 Å². The zero-order chi connectivity index (χ0) is 30.8. The summed E-state index contributed by atoms with van der Waals surface area (Å²) < 4.78 is 12.3. The van der Waals surface area contributed by atoms with Gasteiger partial charge in [0, 0.05) is 62.5 Å². The fraction of sp³-hybridized carbons (Fsp3) is 0.414. The summed E-state index contributed by atoms with van der Waals surface area (Å²) in [6.07, 6.45) is 3.31. The summed E-state index contributed by atoms with van der Waals surface area (Å²) in [7, 11) is 4.62. The van der Waals surface area contributed by atoms with E-state index in [4.69, 9.17) is 32.7 Å². The lowest BCUT2D eigenvalue weighted by Gasteiger charge is -2.39. The molecule has 2 N–H and O–H groups in total. The molecule has 0 radical (unpaired) electrons. The second kappa shape index (κ2) is 12.6. The maximum atomic E-state index is 14.0. The Kier molecular flexibility index (Phi) is 9.30. The summed E-state index contributed by atoms with van der Waals surface area (Å²) in [5, 5.41) is 16.7. The molecule has 1 amide bonds. The molecule has 222 valence electrons. The number of nitrogens with one attached hydrogen (secondary N) is 2. The number of halogens is 2. The standard InChI is InChI=1S/C29H33Cl2N7O4/c1-29(2,3)11-17(12-32)26(39)37-14-18(15-37)34-7-8-38-25-16(13-35-28(33-4)36-25)9-19(27(38)40)22-23(30)20(41-5)10-21(42-6)24(22)31/h9-11,13,18,34H,7-8,14-15H2,1-6H3,(H,33,35,36). The number of fused-ring (bicyclic) bond motifs is 1. The highest BCUT2D eigenvalue weighted by atomic mass is 35.5. The van der Waals surface area contributed by atoms with Crippen LogP contribution >= 0.6 is 23.2 Å². The van der Waals surface area contributed by atoms with E-state index in [0.717, 1.165) is 0 Å². The van der Waals surface area contributed by atoms with Gasteiger partial charge in [0.2, 0.25) is 5.95 Å². The van der Waals surface area contributed by atoms with Crippen molar-refractivity contribution in [2.24, 2.45) is 5.41 Å². The first-order valence-corrected chi connectivity index (χ1v) is 14.0. The number of carbonyl (C=O) groups is 1. The molecule has 11 nitrogen and oxygen atoms in total. The Balaban J connectivity index is 1.62. The smallest absolute Gasteiger partial charge is 0.264 e. The van der Waals surface area contributed by atoms with Crippen molar-refractivity contribution in [3.8, 4) is 28.7 Å². The van der Waals surface area contributed by atoms with E-state index in [1.54, 1.807) is 40.9 Å². The van der Waals surface area contributed by atoms with Gasteiger partial charge in [0.15, 0.2) is 0 Å². The van der Waals surface area contributed by atoms with Gasteiger partial charge in [-0.05, 0) is 11.5 Å². The van der Waals surface area contributed by atoms with Crippen molar-refractivity contribution < 1.29 is 14.3 Å². The van der Waals surface area contributed by atoms with Gasteiger partial charge < -0.3 is 25.0 Å². The molecule has 1 fully saturated rings. The summed E-state index contributed by atoms with van der Waals surface area (Å²) in [6, 6.07) is 5.25. The topological polar surface area (TPSA) is 134 Å². The van der Waals surface area contributed by atoms with Crippen molar-refractivity contribution in [2.75, 3.05) is 46.2 Å². The molecular formula is C29H33Cl2N7O4. The number of carbonyl (C=O) groups excluding carboxylic acids is 1. The summed E-state index contributed by atoms with van der Waals surface area (Å²) in [5.41, 5.74) is 0.456. The van der Waals surface area contributed by atoms with Crippen molar-refractivity contribution in [1.82, 2.24) is 24.8 Å². The SMILES string of the molecule is CNc1ncc2cc(-c3c(Cl)c(OC)cc(OC)c3Cl)c(=O)n(CCNC3CN(C(=O)C(C#N)=CC(C)(C)C)C3)c2n1. The van der Waals surface area contributed by atoms with Crippen LogP contribution in [-0.2, 0) is 11.3 Å². The van der Waals surface area contributed by atoms with Crippen LogP contribution in [0.25, 0.3) is 22.2 Å². The van der Waals surface area contributed by atoms with Gasteiger partial charge in [-0.15, -0.1) is 0 Å². The molecule has 0 spiro atoms. The number of methoxy groups -OCH3 is 2. The molecule has 1 aromatic carbocycles. The van der Waals surface area contributed by atoms with E-state index < -0.39 is 0 Å². The number of likely N-dealkylation sites (tertiary alicyclic amines) is 1. The predicted octanol–water partition coefficient (Wildman–Crippen LogP) is 4.12. The van der Waals surface area contributed by atoms with E-state index in [-0.39, 0.29) is 56.2 Å². The fourth-order valence-electron chi connectivity index (χ4n) is 4.69. The monoisotopic (exact) mass is 613 g/mol. The number of nitrogens with zero attached hydrogens (tertiary/aromatic N) is 5. The zero-order valence-electron chi connectivity index (χ0n) is 24.3. The molecule has 2 aromatic heterocycles. The lowest BCUT2D eigenvalue weighted by atomic mass is 9.93. The van der Waals surface area contributed by atoms with E-state index in [1.807, 2.05) is 26.8 Å². The van der Waals surface area contributed by atoms with Gasteiger partial charge in [-0.1, -0.05) is 50.0 Å². The minimum absolute atomic E-state index is 0.0164. The third-order valence-electron chi connectivity index (χ3n) is 6.76. The van der Waals surface area contributed by atoms with Crippen molar-refractivity contribution in [2.45, 2.75) is 33.4 Å². The second-order valence-electron chi connectivity index (χ2n) is 10.9. The van der Waals surface area contributed by atoms with E-state index >= 15 is 0 Å². The Morgan fingerprint density at radius 1 is 1.19 bits per heavy atom. The van der Waals surface area contributed by atoms with E-state index in [9.17, 15) is 14.9 Å². The largest absolute Gasteiger partial charge is 0.495 e. The molecule has 0 saturated carbocycles. The molecular weight excluding hydrogens is 581 g/mol. The van der Waals surface area contributed by atoms with Crippen molar-refractivity contribution in [1.29, 1.82) is 5.26 Å². The van der Waals surface area contributed by atoms with Gasteiger partial charge in [-0.2, -0.15) is 10.2 Å². The minimum atomic E-state index is -0.361. The molecule has 1 saturated heterocycles. The highest BCUT2D eigenvalue weighted by molar-refractivity contribution is 6.41. The first kappa shape index (κ1) is 31.1. The maximum absolute atomic E-state index is 14.0. The van der Waals surface area contributed by atoms with Gasteiger partial charge >= 0.3 is 0 Å². The number of amides is 1. The number of rotatable bonds is 9. The first-order chi connectivity index (χ1) is 19.9. The summed E-state index contributed by atoms with van der Waals surface area (Å²) >= 11 is 13.3. The highest BCUT2D eigenvalue weighted by Crippen LogP contribution is 2.45. The van der Waals surface area contributed by atoms with Crippen LogP contribution in [0.2, 0.25) is 10.0 Å². The van der Waals surface area contributed by atoms with Crippen molar-refractivity contribution >= 4 is 46.1 Å². The van der Waals surface area contributed by atoms with Gasteiger partial charge in [0.05, 0.1) is 29.8 Å². The Morgan fingerprint density at radius 2 is 1.83 bits per heavy atom. The van der Waals surface area contributed by atoms with Gasteiger partial charge in [-0.3, -0.25) is 14.2 Å². The Hall–Kier alpha value is -3.85. The van der Waals surface area contributed by atoms with Crippen molar-refractivity contribution in [3.63, 3.8) is 0 Å². The molecule has 13 heteroatoms. The number of allylic oxidation sites excluding steroid dienone is 1. The zero-order valence-corrected chi connectivity index (χ0v) is 25.9. The van der Waals surface area contributed by atoms with Crippen LogP contribution in [0.3, 0.4) is 0 Å². The molecule has 0 bridgehead atoms. The third kappa shape index (κ3) is 6.31. The number of pyridine rings is 1. The number of ether oxygens (including phenoxy) is 2. The number of aromatic nitrogens is 3. The molecule has 0 aliphatic carbocycles. The molecule has 0 unspecified atom stereocenters. The molecule has 3 heterocycles. The summed E-state index contributed by atoms with van der Waals surface area (Å²) in [6.45, 7) is 7.41. The van der Waals surface area contributed by atoms with Crippen LogP contribution < -0.4 is 25.7 Å². The average Bonchev–Trinajstić information content (AvgIpc) is 2.93. The van der Waals surface area contributed by atoms with Crippen LogP contribution in [0.15, 0.2) is 34.8 Å². The summed E-state index contributed by atoms with van der Waals surface area (Å²) in [4.78, 5) is 37.2. The molecule has 42 heavy (non-hydrogen) atoms. The van der Waals surface area contributed by atoms with E-state index in [1.165, 1.54) is 14.2 Å². The molecule has 0 atom stereocenters. The summed E-state index contributed by atoms with van der Waals surface area (Å²) in [5.74, 6) is 0.700. The lowest BCUT2D eigenvalue weighted by molar-refractivity contribution is -0.131. The van der Waals surface area contributed by atoms with Crippen LogP contribution in [0.1, 0.15) is 20.8 Å². The molecule has 3 aromatic rings. The molecule has 1 aliphatic heterocycles. The Labute approximate surface area is 254 Å². The number of benzene rings is 1. The molecule has 1 aliphatic rings. The fourth-order valence-corrected chi connectivity index (χ4v) is 5.39. The molecule has 4 rings (SSSR count). The second-order valence-corrected chi connectivity index (χ2v) is 11.7. The van der Waals surface area contributed by atoms with Crippen LogP contribution in [-0.4, -0.2) is 72.3 Å². The van der Waals surface area contributed by atoms with E-state index in [0.29, 0.717) is 48.1 Å². The minimum Gasteiger partial charge on any atom is -0.495 e. The quantitative estimate of drug-likeness (QED) is 0.270.